The Bertz CT molecular complexity index is 194. The summed E-state index contributed by atoms with van der Waals surface area (Å²) in [6.07, 6.45) is 5.40. The SMILES string of the molecule is C#CCC#CC#CC. The van der Waals surface area contributed by atoms with E-state index in [9.17, 15) is 0 Å². The smallest absolute Gasteiger partial charge is 0.0710 e. The number of terminal acetylenes is 1. The normalized spacial score (nSPS) is 4.50. The molecule has 0 saturated carbocycles. The van der Waals surface area contributed by atoms with Gasteiger partial charge in [-0.3, -0.25) is 0 Å². The predicted molar refractivity (Wildman–Crippen MR) is 34.7 cm³/mol. The third kappa shape index (κ3) is 4.68. The third-order valence-electron chi connectivity index (χ3n) is 0.466. The topological polar surface area (TPSA) is 0 Å². The van der Waals surface area contributed by atoms with E-state index >= 15 is 0 Å². The van der Waals surface area contributed by atoms with Crippen LogP contribution in [-0.2, 0) is 0 Å². The van der Waals surface area contributed by atoms with Crippen molar-refractivity contribution in [3.8, 4) is 36.0 Å². The molecule has 0 bridgehead atoms. The van der Waals surface area contributed by atoms with Crippen molar-refractivity contribution >= 4 is 0 Å². The highest BCUT2D eigenvalue weighted by atomic mass is 13.6. The lowest BCUT2D eigenvalue weighted by Gasteiger charge is -1.61. The molecule has 0 aliphatic carbocycles. The van der Waals surface area contributed by atoms with Gasteiger partial charge >= 0.3 is 0 Å². The monoisotopic (exact) mass is 102 g/mol. The van der Waals surface area contributed by atoms with Gasteiger partial charge in [-0.2, -0.15) is 0 Å². The van der Waals surface area contributed by atoms with Gasteiger partial charge in [0.05, 0.1) is 6.42 Å². The van der Waals surface area contributed by atoms with E-state index in [1.807, 2.05) is 0 Å². The zero-order valence-corrected chi connectivity index (χ0v) is 4.78. The average Bonchev–Trinajstić information content (AvgIpc) is 1.81. The standard InChI is InChI=1S/C8H6/c1-3-5-7-8-6-4-2/h1H,5H2,2H3. The van der Waals surface area contributed by atoms with Gasteiger partial charge in [0.25, 0.3) is 0 Å². The van der Waals surface area contributed by atoms with Crippen molar-refractivity contribution in [3.63, 3.8) is 0 Å². The van der Waals surface area contributed by atoms with Gasteiger partial charge in [-0.25, -0.2) is 0 Å². The van der Waals surface area contributed by atoms with Crippen LogP contribution in [-0.4, -0.2) is 0 Å². The third-order valence-corrected chi connectivity index (χ3v) is 0.466. The van der Waals surface area contributed by atoms with Gasteiger partial charge in [0.15, 0.2) is 0 Å². The van der Waals surface area contributed by atoms with E-state index in [1.165, 1.54) is 0 Å². The lowest BCUT2D eigenvalue weighted by molar-refractivity contribution is 1.57. The molecule has 0 aromatic carbocycles. The summed E-state index contributed by atoms with van der Waals surface area (Å²) in [4.78, 5) is 0. The van der Waals surface area contributed by atoms with Crippen LogP contribution in [0, 0.1) is 36.0 Å². The fourth-order valence-corrected chi connectivity index (χ4v) is 0.202. The van der Waals surface area contributed by atoms with E-state index in [-0.39, 0.29) is 0 Å². The molecule has 0 N–H and O–H groups in total. The van der Waals surface area contributed by atoms with Crippen molar-refractivity contribution in [2.24, 2.45) is 0 Å². The summed E-state index contributed by atoms with van der Waals surface area (Å²) in [6.45, 7) is 1.74. The first-order valence-electron chi connectivity index (χ1n) is 2.25. The van der Waals surface area contributed by atoms with E-state index in [4.69, 9.17) is 6.42 Å². The summed E-state index contributed by atoms with van der Waals surface area (Å²) in [5.74, 6) is 12.9. The number of hydrogen-bond acceptors (Lipinski definition) is 0. The van der Waals surface area contributed by atoms with Crippen LogP contribution in [0.1, 0.15) is 13.3 Å². The van der Waals surface area contributed by atoms with E-state index in [0.29, 0.717) is 6.42 Å². The maximum Gasteiger partial charge on any atom is 0.0710 e. The Kier molecular flexibility index (Phi) is 4.74. The molecule has 0 unspecified atom stereocenters. The highest BCUT2D eigenvalue weighted by Gasteiger charge is 1.57. The van der Waals surface area contributed by atoms with Crippen molar-refractivity contribution in [1.82, 2.24) is 0 Å². The molecule has 0 heterocycles. The largest absolute Gasteiger partial charge is 0.119 e. The van der Waals surface area contributed by atoms with Crippen LogP contribution in [0.3, 0.4) is 0 Å². The molecule has 0 saturated heterocycles. The van der Waals surface area contributed by atoms with Gasteiger partial charge in [-0.1, -0.05) is 17.8 Å². The first kappa shape index (κ1) is 6.68. The van der Waals surface area contributed by atoms with Gasteiger partial charge in [-0.05, 0) is 18.8 Å². The summed E-state index contributed by atoms with van der Waals surface area (Å²) in [7, 11) is 0. The summed E-state index contributed by atoms with van der Waals surface area (Å²) in [6, 6.07) is 0. The molecular weight excluding hydrogens is 96.1 g/mol. The van der Waals surface area contributed by atoms with Crippen molar-refractivity contribution in [2.75, 3.05) is 0 Å². The van der Waals surface area contributed by atoms with E-state index in [2.05, 4.69) is 29.6 Å². The van der Waals surface area contributed by atoms with Gasteiger partial charge in [-0.15, -0.1) is 6.42 Å². The van der Waals surface area contributed by atoms with Gasteiger partial charge in [0, 0.05) is 0 Å². The molecule has 0 heteroatoms. The first-order chi connectivity index (χ1) is 3.91. The molecule has 0 spiro atoms. The van der Waals surface area contributed by atoms with Gasteiger partial charge in [0.2, 0.25) is 0 Å². The molecule has 0 atom stereocenters. The lowest BCUT2D eigenvalue weighted by Crippen LogP contribution is -1.54. The highest BCUT2D eigenvalue weighted by Crippen LogP contribution is 1.64. The van der Waals surface area contributed by atoms with Crippen molar-refractivity contribution in [1.29, 1.82) is 0 Å². The molecule has 0 fully saturated rings. The Morgan fingerprint density at radius 1 is 1.38 bits per heavy atom. The maximum absolute atomic E-state index is 4.91. The molecule has 0 radical (unpaired) electrons. The average molecular weight is 102 g/mol. The van der Waals surface area contributed by atoms with Crippen LogP contribution >= 0.6 is 0 Å². The fraction of sp³-hybridized carbons (Fsp3) is 0.250. The minimum absolute atomic E-state index is 0.495. The van der Waals surface area contributed by atoms with Gasteiger partial charge in [0.1, 0.15) is 0 Å². The van der Waals surface area contributed by atoms with Crippen molar-refractivity contribution < 1.29 is 0 Å². The molecule has 0 aromatic rings. The molecule has 0 aliphatic rings. The summed E-state index contributed by atoms with van der Waals surface area (Å²) in [5, 5.41) is 0. The quantitative estimate of drug-likeness (QED) is 0.401. The molecule has 0 aromatic heterocycles. The molecule has 8 heavy (non-hydrogen) atoms. The van der Waals surface area contributed by atoms with Crippen molar-refractivity contribution in [3.05, 3.63) is 0 Å². The van der Waals surface area contributed by atoms with Crippen LogP contribution in [0.25, 0.3) is 0 Å². The Hall–Kier alpha value is -1.32. The molecule has 0 rings (SSSR count). The van der Waals surface area contributed by atoms with Crippen molar-refractivity contribution in [2.45, 2.75) is 13.3 Å². The molecular formula is C8H6. The van der Waals surface area contributed by atoms with E-state index < -0.39 is 0 Å². The second-order valence-electron chi connectivity index (χ2n) is 1.06. The minimum atomic E-state index is 0.495. The second kappa shape index (κ2) is 5.68. The minimum Gasteiger partial charge on any atom is -0.119 e. The Morgan fingerprint density at radius 3 is 2.62 bits per heavy atom. The second-order valence-corrected chi connectivity index (χ2v) is 1.06. The summed E-state index contributed by atoms with van der Waals surface area (Å²) in [5.41, 5.74) is 0. The zero-order valence-electron chi connectivity index (χ0n) is 4.78. The van der Waals surface area contributed by atoms with E-state index in [1.54, 1.807) is 6.92 Å². The highest BCUT2D eigenvalue weighted by molar-refractivity contribution is 5.26. The number of hydrogen-bond donors (Lipinski definition) is 0. The maximum atomic E-state index is 4.91. The van der Waals surface area contributed by atoms with Crippen LogP contribution in [0.15, 0.2) is 0 Å². The summed E-state index contributed by atoms with van der Waals surface area (Å²) < 4.78 is 0. The zero-order chi connectivity index (χ0) is 6.24. The Balaban J connectivity index is 3.50. The molecule has 0 amide bonds. The number of rotatable bonds is 0. The van der Waals surface area contributed by atoms with Crippen LogP contribution in [0.2, 0.25) is 0 Å². The van der Waals surface area contributed by atoms with Crippen LogP contribution < -0.4 is 0 Å². The van der Waals surface area contributed by atoms with Crippen LogP contribution in [0.5, 0.6) is 0 Å². The lowest BCUT2D eigenvalue weighted by atomic mass is 10.4. The molecule has 0 aliphatic heterocycles. The van der Waals surface area contributed by atoms with E-state index in [0.717, 1.165) is 0 Å². The fourth-order valence-electron chi connectivity index (χ4n) is 0.202. The van der Waals surface area contributed by atoms with Gasteiger partial charge < -0.3 is 0 Å². The molecule has 0 nitrogen and oxygen atoms in total. The Morgan fingerprint density at radius 2 is 2.12 bits per heavy atom. The predicted octanol–water partition coefficient (Wildman–Crippen LogP) is 1.04. The Labute approximate surface area is 50.3 Å². The molecule has 38 valence electrons. The first-order valence-corrected chi connectivity index (χ1v) is 2.25. The van der Waals surface area contributed by atoms with Crippen LogP contribution in [0.4, 0.5) is 0 Å². The summed E-state index contributed by atoms with van der Waals surface area (Å²) >= 11 is 0.